The van der Waals surface area contributed by atoms with Crippen molar-refractivity contribution < 1.29 is 61.6 Å². The Labute approximate surface area is 476 Å². The van der Waals surface area contributed by atoms with Crippen LogP contribution in [0.15, 0.2) is 69.4 Å². The van der Waals surface area contributed by atoms with Gasteiger partial charge in [0.25, 0.3) is 24.1 Å². The first-order valence-corrected chi connectivity index (χ1v) is 31.0. The van der Waals surface area contributed by atoms with Crippen LogP contribution in [0.3, 0.4) is 0 Å². The first kappa shape index (κ1) is 60.3. The Morgan fingerprint density at radius 1 is 0.614 bits per heavy atom. The number of nitrogens with zero attached hydrogens (tertiary/aromatic N) is 5. The molecule has 20 nitrogen and oxygen atoms in total. The predicted molar refractivity (Wildman–Crippen MR) is 295 cm³/mol. The highest BCUT2D eigenvalue weighted by Gasteiger charge is 2.44. The number of pyridine rings is 1. The Balaban J connectivity index is 1.18. The highest BCUT2D eigenvalue weighted by atomic mass is 32.2. The molecule has 28 heteroatoms. The zero-order valence-corrected chi connectivity index (χ0v) is 48.5. The van der Waals surface area contributed by atoms with Crippen molar-refractivity contribution in [2.75, 3.05) is 16.0 Å². The molecule has 0 saturated heterocycles. The minimum atomic E-state index is -4.64. The number of benzene rings is 2. The Bertz CT molecular complexity index is 4040. The van der Waals surface area contributed by atoms with Crippen molar-refractivity contribution in [3.63, 3.8) is 0 Å². The molecule has 6 N–H and O–H groups in total. The molecule has 9 rings (SSSR count). The van der Waals surface area contributed by atoms with Crippen molar-refractivity contribution in [1.29, 1.82) is 5.26 Å². The van der Waals surface area contributed by atoms with Gasteiger partial charge in [-0.3, -0.25) is 19.4 Å². The molecule has 6 aromatic rings. The molecular formula is C55H60F5N11O9S3. The smallest absolute Gasteiger partial charge is 0.280 e. The van der Waals surface area contributed by atoms with Crippen molar-refractivity contribution in [1.82, 2.24) is 32.9 Å². The van der Waals surface area contributed by atoms with E-state index in [1.54, 1.807) is 52.2 Å². The van der Waals surface area contributed by atoms with E-state index in [1.165, 1.54) is 28.2 Å². The van der Waals surface area contributed by atoms with Gasteiger partial charge in [-0.15, -0.1) is 0 Å². The summed E-state index contributed by atoms with van der Waals surface area (Å²) in [5.74, 6) is -7.43. The summed E-state index contributed by atoms with van der Waals surface area (Å²) in [5, 5.41) is 17.6. The molecule has 7 heterocycles. The topological polar surface area (TPSA) is 277 Å². The molecule has 4 aromatic heterocycles. The molecule has 2 unspecified atom stereocenters. The number of anilines is 3. The standard InChI is InChI=1S/C55H60F5N11O9S3/c1-27(2)66-81(75,76)49-30(7)46(53(72)65-36-14-15-62-42(23-36)52(59)60)70-25-31(19-44(49)70)18-38-48(55(74)63-34-10-12-39(56)33(21-34)24-61)71-26-32(20-45(71)51(38)83(79,80)68-29(5)6)17-37-47(54(73)64-35-11-13-40(57)41(58)22-35)69-16-8-9-43(69)50(37)82(77,78)67-28(3)4/h10-15,21-23,27-29,31-32,52,66-68H,8-9,16-20,25-26H2,1-7H3,(H,63,74)(H,64,73)(H,62,65,72). The molecule has 0 spiro atoms. The maximum Gasteiger partial charge on any atom is 0.280 e. The summed E-state index contributed by atoms with van der Waals surface area (Å²) in [5.41, 5.74) is -1.10. The summed E-state index contributed by atoms with van der Waals surface area (Å²) in [7, 11) is -13.4. The third kappa shape index (κ3) is 12.0. The van der Waals surface area contributed by atoms with Gasteiger partial charge in [0, 0.05) is 101 Å². The first-order chi connectivity index (χ1) is 39.0. The van der Waals surface area contributed by atoms with Gasteiger partial charge in [-0.05, 0) is 141 Å². The summed E-state index contributed by atoms with van der Waals surface area (Å²) in [6, 6.07) is 8.00. The van der Waals surface area contributed by atoms with Gasteiger partial charge < -0.3 is 29.7 Å². The third-order valence-electron chi connectivity index (χ3n) is 14.4. The number of carbonyl (C=O) groups excluding carboxylic acids is 3. The third-order valence-corrected chi connectivity index (χ3v) is 19.9. The normalized spacial score (nSPS) is 16.0. The molecule has 3 aliphatic heterocycles. The Kier molecular flexibility index (Phi) is 16.7. The second-order valence-electron chi connectivity index (χ2n) is 21.9. The Morgan fingerprint density at radius 2 is 1.07 bits per heavy atom. The van der Waals surface area contributed by atoms with Gasteiger partial charge in [0.05, 0.1) is 5.56 Å². The van der Waals surface area contributed by atoms with E-state index in [0.717, 1.165) is 42.6 Å². The lowest BCUT2D eigenvalue weighted by Gasteiger charge is -2.19. The van der Waals surface area contributed by atoms with Gasteiger partial charge in [-0.2, -0.15) is 5.26 Å². The Morgan fingerprint density at radius 3 is 1.59 bits per heavy atom. The second-order valence-corrected chi connectivity index (χ2v) is 26.8. The van der Waals surface area contributed by atoms with Crippen molar-refractivity contribution in [3.8, 4) is 6.07 Å². The number of carbonyl (C=O) groups is 3. The van der Waals surface area contributed by atoms with Crippen molar-refractivity contribution in [2.45, 2.75) is 146 Å². The van der Waals surface area contributed by atoms with E-state index < -0.39 is 113 Å². The van der Waals surface area contributed by atoms with Gasteiger partial charge in [-0.25, -0.2) is 61.4 Å². The number of aromatic nitrogens is 4. The average molecular weight is 1210 g/mol. The molecular weight excluding hydrogens is 1150 g/mol. The number of rotatable bonds is 20. The fourth-order valence-electron chi connectivity index (χ4n) is 11.7. The summed E-state index contributed by atoms with van der Waals surface area (Å²) < 4.78 is 171. The number of fused-ring (bicyclic) bond motifs is 3. The molecule has 3 amide bonds. The SMILES string of the molecule is Cc1c(S(=O)(=O)NC(C)C)c2n(c1C(=O)Nc1ccnc(C(F)F)c1)CC(Cc1c(S(=O)(=O)NC(C)C)c3n(c1C(=O)Nc1ccc(F)c(C#N)c1)CC(Cc1c(S(=O)(=O)NC(C)C)c4n(c1C(=O)Nc1ccc(F)c(F)c1)CCC4)C3)C2. The van der Waals surface area contributed by atoms with E-state index >= 15 is 13.2 Å². The zero-order valence-electron chi connectivity index (χ0n) is 46.0. The highest BCUT2D eigenvalue weighted by Crippen LogP contribution is 2.44. The molecule has 0 saturated carbocycles. The first-order valence-electron chi connectivity index (χ1n) is 26.6. The average Bonchev–Trinajstić information content (AvgIpc) is 4.20. The van der Waals surface area contributed by atoms with Crippen LogP contribution in [-0.2, 0) is 81.8 Å². The minimum absolute atomic E-state index is 0.0370. The van der Waals surface area contributed by atoms with E-state index in [9.17, 15) is 53.6 Å². The summed E-state index contributed by atoms with van der Waals surface area (Å²) in [6.07, 6.45) is -1.93. The fraction of sp³-hybridized carbons (Fsp3) is 0.400. The van der Waals surface area contributed by atoms with Gasteiger partial charge in [0.15, 0.2) is 11.6 Å². The van der Waals surface area contributed by atoms with Crippen LogP contribution in [-0.4, -0.2) is 79.8 Å². The second kappa shape index (κ2) is 23.0. The molecule has 0 aliphatic carbocycles. The van der Waals surface area contributed by atoms with Crippen LogP contribution in [0.25, 0.3) is 0 Å². The van der Waals surface area contributed by atoms with E-state index in [4.69, 9.17) is 0 Å². The van der Waals surface area contributed by atoms with Gasteiger partial charge in [0.2, 0.25) is 30.1 Å². The van der Waals surface area contributed by atoms with Crippen LogP contribution < -0.4 is 30.1 Å². The molecule has 83 heavy (non-hydrogen) atoms. The van der Waals surface area contributed by atoms with Crippen LogP contribution >= 0.6 is 0 Å². The maximum absolute atomic E-state index is 15.2. The van der Waals surface area contributed by atoms with Crippen LogP contribution in [0.5, 0.6) is 0 Å². The number of halogens is 5. The monoisotopic (exact) mass is 1210 g/mol. The van der Waals surface area contributed by atoms with E-state index in [-0.39, 0.29) is 129 Å². The molecule has 2 atom stereocenters. The fourth-order valence-corrected chi connectivity index (χ4v) is 17.0. The largest absolute Gasteiger partial charge is 0.339 e. The molecule has 3 aliphatic rings. The summed E-state index contributed by atoms with van der Waals surface area (Å²) >= 11 is 0. The number of sulfonamides is 3. The molecule has 0 bridgehead atoms. The minimum Gasteiger partial charge on any atom is -0.339 e. The molecule has 442 valence electrons. The van der Waals surface area contributed by atoms with E-state index in [2.05, 4.69) is 35.1 Å². The maximum atomic E-state index is 15.2. The van der Waals surface area contributed by atoms with Crippen LogP contribution in [0.4, 0.5) is 39.0 Å². The number of amides is 3. The van der Waals surface area contributed by atoms with Crippen LogP contribution in [0, 0.1) is 47.5 Å². The number of hydrogen-bond acceptors (Lipinski definition) is 11. The lowest BCUT2D eigenvalue weighted by atomic mass is 9.93. The molecule has 0 fully saturated rings. The van der Waals surface area contributed by atoms with Crippen molar-refractivity contribution in [3.05, 3.63) is 134 Å². The molecule has 0 radical (unpaired) electrons. The number of alkyl halides is 2. The number of nitriles is 1. The lowest BCUT2D eigenvalue weighted by Crippen LogP contribution is -2.32. The van der Waals surface area contributed by atoms with E-state index in [1.807, 2.05) is 0 Å². The zero-order chi connectivity index (χ0) is 60.4. The van der Waals surface area contributed by atoms with E-state index in [0.29, 0.717) is 12.1 Å². The van der Waals surface area contributed by atoms with Crippen LogP contribution in [0.1, 0.15) is 131 Å². The van der Waals surface area contributed by atoms with Crippen molar-refractivity contribution >= 4 is 64.9 Å². The quantitative estimate of drug-likeness (QED) is 0.0405. The van der Waals surface area contributed by atoms with Gasteiger partial charge in [0.1, 0.15) is 49.3 Å². The van der Waals surface area contributed by atoms with Crippen molar-refractivity contribution in [2.24, 2.45) is 11.8 Å². The van der Waals surface area contributed by atoms with Crippen LogP contribution in [0.2, 0.25) is 0 Å². The van der Waals surface area contributed by atoms with Gasteiger partial charge >= 0.3 is 0 Å². The van der Waals surface area contributed by atoms with Gasteiger partial charge in [-0.1, -0.05) is 0 Å². The lowest BCUT2D eigenvalue weighted by molar-refractivity contribution is 0.100. The summed E-state index contributed by atoms with van der Waals surface area (Å²) in [4.78, 5) is 46.9. The highest BCUT2D eigenvalue weighted by molar-refractivity contribution is 7.90. The summed E-state index contributed by atoms with van der Waals surface area (Å²) in [6.45, 7) is 10.9. The number of nitrogens with one attached hydrogen (secondary N) is 6. The molecule has 2 aromatic carbocycles. The Hall–Kier alpha value is -7.29. The number of hydrogen-bond donors (Lipinski definition) is 6. The predicted octanol–water partition coefficient (Wildman–Crippen LogP) is 7.61.